The average molecular weight is 724 g/mol. The van der Waals surface area contributed by atoms with Gasteiger partial charge in [0.15, 0.2) is 11.5 Å². The second kappa shape index (κ2) is 12.4. The van der Waals surface area contributed by atoms with Crippen molar-refractivity contribution in [3.63, 3.8) is 0 Å². The van der Waals surface area contributed by atoms with Crippen molar-refractivity contribution in [2.75, 3.05) is 9.80 Å². The van der Waals surface area contributed by atoms with E-state index in [9.17, 15) is 0 Å². The lowest BCUT2D eigenvalue weighted by atomic mass is 9.35. The van der Waals surface area contributed by atoms with Crippen LogP contribution in [0, 0.1) is 0 Å². The molecule has 8 heterocycles. The fourth-order valence-electron chi connectivity index (χ4n) is 8.45. The summed E-state index contributed by atoms with van der Waals surface area (Å²) in [7, 11) is 0. The largest absolute Gasteiger partial charge is 0.385 e. The van der Waals surface area contributed by atoms with E-state index in [2.05, 4.69) is 63.4 Å². The van der Waals surface area contributed by atoms with E-state index >= 15 is 0 Å². The Kier molecular flexibility index (Phi) is 6.98. The molecular weight excluding hydrogens is 693 g/mol. The predicted octanol–water partition coefficient (Wildman–Crippen LogP) is 6.69. The van der Waals surface area contributed by atoms with Gasteiger partial charge in [-0.05, 0) is 65.5 Å². The minimum Gasteiger partial charge on any atom is -0.385 e. The van der Waals surface area contributed by atoms with Crippen LogP contribution < -0.4 is 32.1 Å². The third kappa shape index (κ3) is 4.46. The van der Waals surface area contributed by atoms with E-state index in [1.54, 1.807) is 43.3 Å². The summed E-state index contributed by atoms with van der Waals surface area (Å²) in [5.74, 6) is 2.70. The summed E-state index contributed by atoms with van der Waals surface area (Å²) < 4.78 is 4.34. The number of nitrogens with two attached hydrogens (primary N) is 1. The molecule has 0 unspecified atom stereocenters. The number of benzene rings is 3. The Morgan fingerprint density at radius 2 is 1.45 bits per heavy atom. The van der Waals surface area contributed by atoms with Crippen LogP contribution in [-0.4, -0.2) is 45.8 Å². The summed E-state index contributed by atoms with van der Waals surface area (Å²) in [4.78, 5) is 33.9. The molecule has 9 aromatic rings. The molecule has 12 heteroatoms. The standard InChI is InChI=1S/C44H30BN11/c1-2-3-5-17-34(46)56-42-39(49-22-24-51-42)37-30-15-12-16-31-40(30)55(44(37)56)33-27-29(54(35-18-8-10-20-47-35)36-19-9-11-21-48-36)26-32-38(33)45(31)41-43(52-25-23-50-41)53(32)28-13-6-4-7-14-28/h2-27H,1,46H2/b5-3-,34-17+. The van der Waals surface area contributed by atoms with Crippen molar-refractivity contribution in [3.05, 3.63) is 165 Å². The number of allylic oxidation sites excluding steroid dienone is 4. The molecule has 0 amide bonds. The number of pyridine rings is 2. The van der Waals surface area contributed by atoms with Crippen LogP contribution in [0.25, 0.3) is 44.6 Å². The van der Waals surface area contributed by atoms with E-state index < -0.39 is 0 Å². The summed E-state index contributed by atoms with van der Waals surface area (Å²) in [6.07, 6.45) is 17.9. The predicted molar refractivity (Wildman–Crippen MR) is 225 cm³/mol. The van der Waals surface area contributed by atoms with E-state index in [1.807, 2.05) is 77.4 Å². The molecule has 2 N–H and O–H groups in total. The minimum absolute atomic E-state index is 0.236. The maximum atomic E-state index is 7.03. The minimum atomic E-state index is -0.236. The van der Waals surface area contributed by atoms with Gasteiger partial charge < -0.3 is 5.73 Å². The van der Waals surface area contributed by atoms with Crippen LogP contribution in [0.3, 0.4) is 0 Å². The first-order chi connectivity index (χ1) is 27.7. The van der Waals surface area contributed by atoms with Gasteiger partial charge in [-0.2, -0.15) is 0 Å². The third-order valence-corrected chi connectivity index (χ3v) is 10.5. The first kappa shape index (κ1) is 31.7. The molecule has 6 aromatic heterocycles. The summed E-state index contributed by atoms with van der Waals surface area (Å²) in [6.45, 7) is 3.61. The highest BCUT2D eigenvalue weighted by Gasteiger charge is 2.45. The van der Waals surface area contributed by atoms with Gasteiger partial charge in [0.2, 0.25) is 0 Å². The zero-order chi connectivity index (χ0) is 37.3. The van der Waals surface area contributed by atoms with Crippen molar-refractivity contribution in [1.29, 1.82) is 0 Å². The molecule has 56 heavy (non-hydrogen) atoms. The number of hydrogen-bond donors (Lipinski definition) is 1. The lowest BCUT2D eigenvalue weighted by Crippen LogP contribution is -2.61. The van der Waals surface area contributed by atoms with Gasteiger partial charge in [0.1, 0.15) is 28.6 Å². The Labute approximate surface area is 321 Å². The summed E-state index contributed by atoms with van der Waals surface area (Å²) in [5.41, 5.74) is 17.1. The van der Waals surface area contributed by atoms with Crippen molar-refractivity contribution in [3.8, 4) is 5.69 Å². The molecule has 2 aliphatic rings. The van der Waals surface area contributed by atoms with Crippen LogP contribution >= 0.6 is 0 Å². The smallest absolute Gasteiger partial charge is 0.277 e. The number of hydrogen-bond acceptors (Lipinski definition) is 9. The molecular formula is C44H30BN11. The van der Waals surface area contributed by atoms with Crippen LogP contribution in [-0.2, 0) is 0 Å². The maximum absolute atomic E-state index is 7.03. The molecule has 264 valence electrons. The lowest BCUT2D eigenvalue weighted by Gasteiger charge is -2.39. The fourth-order valence-corrected chi connectivity index (χ4v) is 8.45. The first-order valence-electron chi connectivity index (χ1n) is 18.2. The molecule has 0 radical (unpaired) electrons. The molecule has 0 fully saturated rings. The van der Waals surface area contributed by atoms with E-state index in [-0.39, 0.29) is 6.71 Å². The number of rotatable bonds is 7. The summed E-state index contributed by atoms with van der Waals surface area (Å²) >= 11 is 0. The van der Waals surface area contributed by atoms with Crippen molar-refractivity contribution >= 4 is 96.7 Å². The van der Waals surface area contributed by atoms with Crippen LogP contribution in [0.15, 0.2) is 165 Å². The van der Waals surface area contributed by atoms with Gasteiger partial charge in [-0.25, -0.2) is 19.9 Å². The Balaban J connectivity index is 1.34. The van der Waals surface area contributed by atoms with Gasteiger partial charge in [-0.15, -0.1) is 0 Å². The van der Waals surface area contributed by atoms with Crippen molar-refractivity contribution in [2.24, 2.45) is 5.73 Å². The van der Waals surface area contributed by atoms with Crippen LogP contribution in [0.5, 0.6) is 0 Å². The van der Waals surface area contributed by atoms with E-state index in [1.165, 1.54) is 0 Å². The topological polar surface area (TPSA) is 120 Å². The maximum Gasteiger partial charge on any atom is 0.277 e. The molecule has 11 nitrogen and oxygen atoms in total. The van der Waals surface area contributed by atoms with E-state index in [0.717, 1.165) is 84.2 Å². The second-order valence-electron chi connectivity index (χ2n) is 13.5. The molecule has 0 saturated heterocycles. The Morgan fingerprint density at radius 1 is 0.714 bits per heavy atom. The second-order valence-corrected chi connectivity index (χ2v) is 13.5. The normalized spacial score (nSPS) is 13.1. The molecule has 0 spiro atoms. The summed E-state index contributed by atoms with van der Waals surface area (Å²) in [5, 5.41) is 1.99. The van der Waals surface area contributed by atoms with Crippen LogP contribution in [0.4, 0.5) is 34.5 Å². The highest BCUT2D eigenvalue weighted by atomic mass is 15.3. The number of fused-ring (bicyclic) bond motifs is 9. The highest BCUT2D eigenvalue weighted by Crippen LogP contribution is 2.45. The molecule has 11 rings (SSSR count). The Hall–Kier alpha value is -7.86. The molecule has 0 atom stereocenters. The molecule has 2 aliphatic heterocycles. The molecule has 0 aliphatic carbocycles. The van der Waals surface area contributed by atoms with Gasteiger partial charge >= 0.3 is 0 Å². The summed E-state index contributed by atoms with van der Waals surface area (Å²) in [6, 6.07) is 33.1. The van der Waals surface area contributed by atoms with E-state index in [4.69, 9.17) is 35.6 Å². The molecule has 3 aromatic carbocycles. The van der Waals surface area contributed by atoms with Gasteiger partial charge in [0.25, 0.3) is 6.71 Å². The zero-order valence-electron chi connectivity index (χ0n) is 29.8. The van der Waals surface area contributed by atoms with Crippen LogP contribution in [0.2, 0.25) is 0 Å². The number of aromatic nitrogens is 8. The Morgan fingerprint density at radius 3 is 2.21 bits per heavy atom. The van der Waals surface area contributed by atoms with Gasteiger partial charge in [-0.1, -0.05) is 73.3 Å². The van der Waals surface area contributed by atoms with E-state index in [0.29, 0.717) is 11.5 Å². The third-order valence-electron chi connectivity index (χ3n) is 10.5. The van der Waals surface area contributed by atoms with Gasteiger partial charge in [0, 0.05) is 59.6 Å². The highest BCUT2D eigenvalue weighted by molar-refractivity contribution is 6.99. The number of para-hydroxylation sites is 2. The molecule has 0 bridgehead atoms. The first-order valence-corrected chi connectivity index (χ1v) is 18.2. The lowest BCUT2D eigenvalue weighted by molar-refractivity contribution is 1.04. The SMILES string of the molecule is C=C/C=C\C=C(/N)n1c2nccnc2c2c3cccc4c3n(c21)-c1cc(N(c2ccccn2)c2ccccn2)cc2c1B4c1nccnc1N2c1ccccc1. The zero-order valence-corrected chi connectivity index (χ0v) is 29.8. The molecule has 0 saturated carbocycles. The quantitative estimate of drug-likeness (QED) is 0.142. The van der Waals surface area contributed by atoms with Gasteiger partial charge in [-0.3, -0.25) is 28.9 Å². The number of anilines is 6. The van der Waals surface area contributed by atoms with Crippen molar-refractivity contribution in [1.82, 2.24) is 39.0 Å². The Bertz CT molecular complexity index is 3040. The number of nitrogens with zero attached hydrogens (tertiary/aromatic N) is 10. The fraction of sp³-hybridized carbons (Fsp3) is 0. The van der Waals surface area contributed by atoms with Crippen molar-refractivity contribution < 1.29 is 0 Å². The average Bonchev–Trinajstić information content (AvgIpc) is 3.77. The monoisotopic (exact) mass is 723 g/mol. The van der Waals surface area contributed by atoms with Crippen LogP contribution in [0.1, 0.15) is 0 Å². The van der Waals surface area contributed by atoms with Gasteiger partial charge in [0.05, 0.1) is 22.2 Å². The van der Waals surface area contributed by atoms with Crippen molar-refractivity contribution in [2.45, 2.75) is 0 Å².